The van der Waals surface area contributed by atoms with Gasteiger partial charge in [0.1, 0.15) is 12.8 Å². The summed E-state index contributed by atoms with van der Waals surface area (Å²) in [5.74, 6) is -0.268. The average molecular weight is 170 g/mol. The first-order valence-electron chi connectivity index (χ1n) is 3.39. The minimum atomic E-state index is -0.268. The largest absolute Gasteiger partial charge is 0.399 e. The molecule has 0 unspecified atom stereocenters. The molecule has 6 heteroatoms. The normalized spacial score (nSPS) is 9.58. The summed E-state index contributed by atoms with van der Waals surface area (Å²) in [4.78, 5) is 17.0. The van der Waals surface area contributed by atoms with Gasteiger partial charge in [-0.25, -0.2) is 0 Å². The van der Waals surface area contributed by atoms with E-state index in [1.165, 1.54) is 19.0 Å². The van der Waals surface area contributed by atoms with Crippen molar-refractivity contribution in [2.75, 3.05) is 14.2 Å². The van der Waals surface area contributed by atoms with Gasteiger partial charge in [0.15, 0.2) is 5.69 Å². The number of nitrogens with zero attached hydrogens (tertiary/aromatic N) is 3. The molecule has 0 saturated heterocycles. The maximum atomic E-state index is 11.1. The lowest BCUT2D eigenvalue weighted by atomic mass is 10.3. The Bertz CT molecular complexity index is 294. The predicted molar refractivity (Wildman–Crippen MR) is 40.7 cm³/mol. The number of hydrogen-bond acceptors (Lipinski definition) is 4. The van der Waals surface area contributed by atoms with Gasteiger partial charge >= 0.3 is 0 Å². The minimum absolute atomic E-state index is 0.268. The molecule has 1 aromatic heterocycles. The Morgan fingerprint density at radius 3 is 2.75 bits per heavy atom. The van der Waals surface area contributed by atoms with Crippen LogP contribution in [0.25, 0.3) is 0 Å². The molecular weight excluding hydrogens is 160 g/mol. The molecule has 0 bridgehead atoms. The number of carbonyl (C=O) groups excluding carboxylic acids is 1. The number of aromatic nitrogens is 3. The van der Waals surface area contributed by atoms with Crippen LogP contribution >= 0.6 is 0 Å². The third-order valence-corrected chi connectivity index (χ3v) is 1.47. The Morgan fingerprint density at radius 1 is 1.67 bits per heavy atom. The van der Waals surface area contributed by atoms with Crippen LogP contribution in [0, 0.1) is 6.92 Å². The second-order valence-corrected chi connectivity index (χ2v) is 2.16. The van der Waals surface area contributed by atoms with Crippen LogP contribution in [0.4, 0.5) is 0 Å². The van der Waals surface area contributed by atoms with Crippen molar-refractivity contribution in [3.63, 3.8) is 0 Å². The Kier molecular flexibility index (Phi) is 2.27. The monoisotopic (exact) mass is 170 g/mol. The number of rotatable bonds is 2. The predicted octanol–water partition coefficient (Wildman–Crippen LogP) is -0.995. The topological polar surface area (TPSA) is 69.0 Å². The van der Waals surface area contributed by atoms with Crippen molar-refractivity contribution >= 4 is 5.91 Å². The van der Waals surface area contributed by atoms with Crippen LogP contribution in [0.3, 0.4) is 0 Å². The summed E-state index contributed by atoms with van der Waals surface area (Å²) < 4.78 is 0. The molecule has 0 aromatic carbocycles. The van der Waals surface area contributed by atoms with Crippen molar-refractivity contribution in [2.45, 2.75) is 6.92 Å². The van der Waals surface area contributed by atoms with E-state index in [1.54, 1.807) is 6.92 Å². The molecule has 66 valence electrons. The van der Waals surface area contributed by atoms with Crippen LogP contribution in [-0.4, -0.2) is 35.2 Å². The molecule has 0 radical (unpaired) electrons. The summed E-state index contributed by atoms with van der Waals surface area (Å²) in [6, 6.07) is 0. The SMILES string of the molecule is CNC(=O)c1nnn(OC)c1C. The van der Waals surface area contributed by atoms with Crippen LogP contribution in [0.15, 0.2) is 0 Å². The molecular formula is C6H10N4O2. The van der Waals surface area contributed by atoms with Crippen molar-refractivity contribution in [3.05, 3.63) is 11.4 Å². The molecule has 6 nitrogen and oxygen atoms in total. The number of hydrogen-bond donors (Lipinski definition) is 1. The highest BCUT2D eigenvalue weighted by Crippen LogP contribution is 2.00. The maximum Gasteiger partial charge on any atom is 0.273 e. The van der Waals surface area contributed by atoms with Crippen molar-refractivity contribution in [1.82, 2.24) is 20.5 Å². The van der Waals surface area contributed by atoms with E-state index in [0.29, 0.717) is 5.69 Å². The van der Waals surface area contributed by atoms with Gasteiger partial charge in [0.25, 0.3) is 5.91 Å². The van der Waals surface area contributed by atoms with Crippen molar-refractivity contribution in [1.29, 1.82) is 0 Å². The van der Waals surface area contributed by atoms with Crippen LogP contribution < -0.4 is 10.2 Å². The molecule has 0 atom stereocenters. The molecule has 0 aliphatic carbocycles. The van der Waals surface area contributed by atoms with Crippen LogP contribution in [-0.2, 0) is 0 Å². The summed E-state index contributed by atoms with van der Waals surface area (Å²) in [7, 11) is 2.99. The summed E-state index contributed by atoms with van der Waals surface area (Å²) in [5.41, 5.74) is 0.858. The van der Waals surface area contributed by atoms with Crippen molar-refractivity contribution < 1.29 is 9.63 Å². The Labute approximate surface area is 69.5 Å². The van der Waals surface area contributed by atoms with Crippen molar-refractivity contribution in [3.8, 4) is 0 Å². The lowest BCUT2D eigenvalue weighted by Crippen LogP contribution is -2.20. The van der Waals surface area contributed by atoms with Gasteiger partial charge in [-0.3, -0.25) is 4.79 Å². The van der Waals surface area contributed by atoms with E-state index in [2.05, 4.69) is 15.6 Å². The van der Waals surface area contributed by atoms with Gasteiger partial charge < -0.3 is 10.2 Å². The Balaban J connectivity index is 3.02. The van der Waals surface area contributed by atoms with E-state index >= 15 is 0 Å². The highest BCUT2D eigenvalue weighted by Gasteiger charge is 2.14. The van der Waals surface area contributed by atoms with E-state index in [-0.39, 0.29) is 11.6 Å². The zero-order valence-electron chi connectivity index (χ0n) is 7.16. The van der Waals surface area contributed by atoms with Gasteiger partial charge in [0.2, 0.25) is 0 Å². The molecule has 1 rings (SSSR count). The highest BCUT2D eigenvalue weighted by atomic mass is 16.7. The molecule has 0 spiro atoms. The first kappa shape index (κ1) is 8.51. The van der Waals surface area contributed by atoms with Gasteiger partial charge in [0, 0.05) is 7.05 Å². The standard InChI is InChI=1S/C6H10N4O2/c1-4-5(6(11)7-2)8-9-10(4)12-3/h1-3H3,(H,7,11). The van der Waals surface area contributed by atoms with Crippen LogP contribution in [0.2, 0.25) is 0 Å². The van der Waals surface area contributed by atoms with Gasteiger partial charge in [-0.2, -0.15) is 0 Å². The van der Waals surface area contributed by atoms with Crippen LogP contribution in [0.1, 0.15) is 16.2 Å². The Hall–Kier alpha value is -1.59. The molecule has 1 amide bonds. The molecule has 0 fully saturated rings. The first-order valence-corrected chi connectivity index (χ1v) is 3.39. The smallest absolute Gasteiger partial charge is 0.273 e. The van der Waals surface area contributed by atoms with Gasteiger partial charge in [-0.15, -0.1) is 5.10 Å². The quantitative estimate of drug-likeness (QED) is 0.618. The van der Waals surface area contributed by atoms with Gasteiger partial charge in [0.05, 0.1) is 0 Å². The summed E-state index contributed by atoms with van der Waals surface area (Å²) in [6.07, 6.45) is 0. The molecule has 1 aromatic rings. The molecule has 1 heterocycles. The summed E-state index contributed by atoms with van der Waals surface area (Å²) in [6.45, 7) is 1.70. The molecule has 0 aliphatic heterocycles. The highest BCUT2D eigenvalue weighted by molar-refractivity contribution is 5.92. The zero-order valence-corrected chi connectivity index (χ0v) is 7.16. The van der Waals surface area contributed by atoms with E-state index in [4.69, 9.17) is 4.84 Å². The molecule has 1 N–H and O–H groups in total. The number of nitrogens with one attached hydrogen (secondary N) is 1. The summed E-state index contributed by atoms with van der Waals surface area (Å²) in [5, 5.41) is 9.67. The second-order valence-electron chi connectivity index (χ2n) is 2.16. The lowest BCUT2D eigenvalue weighted by molar-refractivity contribution is 0.0955. The summed E-state index contributed by atoms with van der Waals surface area (Å²) >= 11 is 0. The second kappa shape index (κ2) is 3.21. The van der Waals surface area contributed by atoms with E-state index < -0.39 is 0 Å². The fraction of sp³-hybridized carbons (Fsp3) is 0.500. The molecule has 0 saturated carbocycles. The van der Waals surface area contributed by atoms with E-state index in [9.17, 15) is 4.79 Å². The minimum Gasteiger partial charge on any atom is -0.399 e. The Morgan fingerprint density at radius 2 is 2.33 bits per heavy atom. The first-order chi connectivity index (χ1) is 5.70. The number of carbonyl (C=O) groups is 1. The van der Waals surface area contributed by atoms with Gasteiger partial charge in [-0.1, -0.05) is 4.85 Å². The lowest BCUT2D eigenvalue weighted by Gasteiger charge is -1.98. The zero-order chi connectivity index (χ0) is 9.14. The van der Waals surface area contributed by atoms with E-state index in [0.717, 1.165) is 0 Å². The van der Waals surface area contributed by atoms with Gasteiger partial charge in [-0.05, 0) is 12.1 Å². The third kappa shape index (κ3) is 1.23. The van der Waals surface area contributed by atoms with Crippen LogP contribution in [0.5, 0.6) is 0 Å². The van der Waals surface area contributed by atoms with E-state index in [1.807, 2.05) is 0 Å². The average Bonchev–Trinajstić information content (AvgIpc) is 2.45. The van der Waals surface area contributed by atoms with Crippen molar-refractivity contribution in [2.24, 2.45) is 0 Å². The fourth-order valence-corrected chi connectivity index (χ4v) is 0.817. The molecule has 12 heavy (non-hydrogen) atoms. The number of amides is 1. The maximum absolute atomic E-state index is 11.1. The fourth-order valence-electron chi connectivity index (χ4n) is 0.817. The third-order valence-electron chi connectivity index (χ3n) is 1.47. The molecule has 0 aliphatic rings.